The molecule has 1 aromatic heterocycles. The van der Waals surface area contributed by atoms with Crippen LogP contribution in [0.3, 0.4) is 0 Å². The first-order valence-corrected chi connectivity index (χ1v) is 10.2. The number of urea groups is 1. The van der Waals surface area contributed by atoms with E-state index in [-0.39, 0.29) is 24.9 Å². The van der Waals surface area contributed by atoms with E-state index in [1.807, 2.05) is 36.4 Å². The van der Waals surface area contributed by atoms with Crippen molar-refractivity contribution in [1.29, 1.82) is 0 Å². The Bertz CT molecular complexity index is 1050. The molecule has 0 aliphatic carbocycles. The molecular formula is C21H22N4O4S. The molecule has 0 radical (unpaired) electrons. The maximum atomic E-state index is 12.6. The molecule has 9 heteroatoms. The summed E-state index contributed by atoms with van der Waals surface area (Å²) in [7, 11) is 0. The zero-order chi connectivity index (χ0) is 21.5. The fourth-order valence-electron chi connectivity index (χ4n) is 2.86. The minimum absolute atomic E-state index is 0.0243. The smallest absolute Gasteiger partial charge is 0.319 e. The molecule has 30 heavy (non-hydrogen) atoms. The van der Waals surface area contributed by atoms with Gasteiger partial charge in [-0.1, -0.05) is 41.7 Å². The molecule has 0 aliphatic rings. The van der Waals surface area contributed by atoms with Crippen molar-refractivity contribution in [3.8, 4) is 0 Å². The lowest BCUT2D eigenvalue weighted by Gasteiger charge is -2.19. The van der Waals surface area contributed by atoms with Crippen molar-refractivity contribution in [3.05, 3.63) is 54.1 Å². The number of carbonyl (C=O) groups is 3. The molecule has 156 valence electrons. The summed E-state index contributed by atoms with van der Waals surface area (Å²) < 4.78 is 5.91. The number of nitrogens with one attached hydrogen (secondary N) is 3. The van der Waals surface area contributed by atoms with Crippen LogP contribution in [0.25, 0.3) is 10.2 Å². The molecule has 1 atom stereocenters. The number of fused-ring (bicyclic) bond motifs is 1. The molecule has 3 amide bonds. The van der Waals surface area contributed by atoms with Crippen LogP contribution in [0.15, 0.2) is 48.5 Å². The maximum absolute atomic E-state index is 12.6. The molecule has 1 unspecified atom stereocenters. The van der Waals surface area contributed by atoms with E-state index in [2.05, 4.69) is 20.9 Å². The van der Waals surface area contributed by atoms with Gasteiger partial charge < -0.3 is 20.7 Å². The van der Waals surface area contributed by atoms with Crippen LogP contribution in [0.1, 0.15) is 31.9 Å². The second-order valence-corrected chi connectivity index (χ2v) is 7.48. The van der Waals surface area contributed by atoms with E-state index in [1.54, 1.807) is 19.1 Å². The van der Waals surface area contributed by atoms with Gasteiger partial charge in [-0.3, -0.25) is 9.59 Å². The van der Waals surface area contributed by atoms with Crippen LogP contribution in [0.4, 0.5) is 15.6 Å². The van der Waals surface area contributed by atoms with Gasteiger partial charge in [-0.25, -0.2) is 9.78 Å². The Kier molecular flexibility index (Phi) is 6.97. The van der Waals surface area contributed by atoms with E-state index in [1.165, 1.54) is 18.3 Å². The summed E-state index contributed by atoms with van der Waals surface area (Å²) in [6, 6.07) is 13.5. The third kappa shape index (κ3) is 5.77. The fraction of sp³-hybridized carbons (Fsp3) is 0.238. The summed E-state index contributed by atoms with van der Waals surface area (Å²) in [6.45, 7) is 3.44. The van der Waals surface area contributed by atoms with Gasteiger partial charge in [-0.05, 0) is 30.7 Å². The molecule has 3 rings (SSSR count). The molecule has 3 aromatic rings. The lowest BCUT2D eigenvalue weighted by molar-refractivity contribution is -0.143. The first-order valence-electron chi connectivity index (χ1n) is 9.41. The fourth-order valence-corrected chi connectivity index (χ4v) is 3.75. The van der Waals surface area contributed by atoms with E-state index in [4.69, 9.17) is 4.74 Å². The molecule has 8 nitrogen and oxygen atoms in total. The Morgan fingerprint density at radius 2 is 1.87 bits per heavy atom. The zero-order valence-corrected chi connectivity index (χ0v) is 17.4. The van der Waals surface area contributed by atoms with Crippen LogP contribution < -0.4 is 16.0 Å². The first kappa shape index (κ1) is 21.3. The van der Waals surface area contributed by atoms with Gasteiger partial charge in [0.05, 0.1) is 29.3 Å². The van der Waals surface area contributed by atoms with Crippen molar-refractivity contribution >= 4 is 50.3 Å². The molecule has 1 heterocycles. The predicted octanol–water partition coefficient (Wildman–Crippen LogP) is 4.07. The van der Waals surface area contributed by atoms with Gasteiger partial charge in [0.2, 0.25) is 5.91 Å². The summed E-state index contributed by atoms with van der Waals surface area (Å²) in [5, 5.41) is 8.74. The van der Waals surface area contributed by atoms with Crippen molar-refractivity contribution in [3.63, 3.8) is 0 Å². The number of aromatic nitrogens is 1. The van der Waals surface area contributed by atoms with Crippen molar-refractivity contribution < 1.29 is 19.1 Å². The molecule has 0 aliphatic heterocycles. The molecule has 0 bridgehead atoms. The number of thiazole rings is 1. The number of anilines is 2. The topological polar surface area (TPSA) is 109 Å². The maximum Gasteiger partial charge on any atom is 0.319 e. The highest BCUT2D eigenvalue weighted by atomic mass is 32.1. The number of esters is 1. The van der Waals surface area contributed by atoms with Crippen LogP contribution in [0.5, 0.6) is 0 Å². The summed E-state index contributed by atoms with van der Waals surface area (Å²) in [4.78, 5) is 40.1. The Morgan fingerprint density at radius 1 is 1.10 bits per heavy atom. The van der Waals surface area contributed by atoms with Crippen molar-refractivity contribution in [2.45, 2.75) is 26.3 Å². The Hall–Kier alpha value is -3.46. The first-order chi connectivity index (χ1) is 14.4. The minimum atomic E-state index is -0.528. The normalized spacial score (nSPS) is 11.5. The molecule has 0 fully saturated rings. The number of ether oxygens (including phenoxy) is 1. The van der Waals surface area contributed by atoms with Gasteiger partial charge in [0.15, 0.2) is 5.13 Å². The Labute approximate surface area is 177 Å². The largest absolute Gasteiger partial charge is 0.466 e. The van der Waals surface area contributed by atoms with Crippen molar-refractivity contribution in [2.75, 3.05) is 17.2 Å². The minimum Gasteiger partial charge on any atom is -0.466 e. The third-order valence-corrected chi connectivity index (χ3v) is 5.06. The number of carbonyl (C=O) groups excluding carboxylic acids is 3. The van der Waals surface area contributed by atoms with Gasteiger partial charge in [-0.2, -0.15) is 0 Å². The van der Waals surface area contributed by atoms with E-state index < -0.39 is 12.1 Å². The molecule has 0 spiro atoms. The Balaban J connectivity index is 1.71. The standard InChI is InChI=1S/C21H22N4O4S/c1-3-29-19(27)12-16(14-7-5-4-6-8-14)24-20(28)23-15-9-10-18-17(11-15)25-21(30-18)22-13(2)26/h4-11,16H,3,12H2,1-2H3,(H,22,25,26)(H2,23,24,28). The quantitative estimate of drug-likeness (QED) is 0.494. The van der Waals surface area contributed by atoms with Crippen LogP contribution >= 0.6 is 11.3 Å². The van der Waals surface area contributed by atoms with Gasteiger partial charge in [0.25, 0.3) is 0 Å². The predicted molar refractivity (Wildman–Crippen MR) is 117 cm³/mol. The average molecular weight is 426 g/mol. The van der Waals surface area contributed by atoms with Gasteiger partial charge in [-0.15, -0.1) is 0 Å². The third-order valence-electron chi connectivity index (χ3n) is 4.11. The van der Waals surface area contributed by atoms with E-state index in [0.717, 1.165) is 10.3 Å². The zero-order valence-electron chi connectivity index (χ0n) is 16.6. The average Bonchev–Trinajstić information content (AvgIpc) is 3.09. The Morgan fingerprint density at radius 3 is 2.57 bits per heavy atom. The molecule has 3 N–H and O–H groups in total. The van der Waals surface area contributed by atoms with Gasteiger partial charge >= 0.3 is 12.0 Å². The highest BCUT2D eigenvalue weighted by Crippen LogP contribution is 2.28. The van der Waals surface area contributed by atoms with Crippen LogP contribution in [0, 0.1) is 0 Å². The number of benzene rings is 2. The highest BCUT2D eigenvalue weighted by molar-refractivity contribution is 7.22. The van der Waals surface area contributed by atoms with E-state index >= 15 is 0 Å². The van der Waals surface area contributed by atoms with E-state index in [0.29, 0.717) is 16.3 Å². The number of nitrogens with zero attached hydrogens (tertiary/aromatic N) is 1. The molecular weight excluding hydrogens is 404 g/mol. The monoisotopic (exact) mass is 426 g/mol. The lowest BCUT2D eigenvalue weighted by Crippen LogP contribution is -2.34. The molecule has 2 aromatic carbocycles. The van der Waals surface area contributed by atoms with Crippen molar-refractivity contribution in [2.24, 2.45) is 0 Å². The SMILES string of the molecule is CCOC(=O)CC(NC(=O)Nc1ccc2sc(NC(C)=O)nc2c1)c1ccccc1. The van der Waals surface area contributed by atoms with Crippen LogP contribution in [0.2, 0.25) is 0 Å². The lowest BCUT2D eigenvalue weighted by atomic mass is 10.0. The number of rotatable bonds is 7. The second kappa shape index (κ2) is 9.84. The highest BCUT2D eigenvalue weighted by Gasteiger charge is 2.19. The molecule has 0 saturated carbocycles. The molecule has 0 saturated heterocycles. The number of hydrogen-bond donors (Lipinski definition) is 3. The number of hydrogen-bond acceptors (Lipinski definition) is 6. The summed E-state index contributed by atoms with van der Waals surface area (Å²) in [5.74, 6) is -0.582. The van der Waals surface area contributed by atoms with Gasteiger partial charge in [0, 0.05) is 12.6 Å². The van der Waals surface area contributed by atoms with Gasteiger partial charge in [0.1, 0.15) is 0 Å². The summed E-state index contributed by atoms with van der Waals surface area (Å²) in [6.07, 6.45) is 0.0243. The van der Waals surface area contributed by atoms with E-state index in [9.17, 15) is 14.4 Å². The van der Waals surface area contributed by atoms with Crippen molar-refractivity contribution in [1.82, 2.24) is 10.3 Å². The summed E-state index contributed by atoms with van der Waals surface area (Å²) >= 11 is 1.35. The summed E-state index contributed by atoms with van der Waals surface area (Å²) in [5.41, 5.74) is 2.01. The second-order valence-electron chi connectivity index (χ2n) is 6.45. The van der Waals surface area contributed by atoms with Crippen LogP contribution in [-0.4, -0.2) is 29.5 Å². The van der Waals surface area contributed by atoms with Crippen LogP contribution in [-0.2, 0) is 14.3 Å². The number of amides is 3.